The minimum absolute atomic E-state index is 0.00852. The van der Waals surface area contributed by atoms with Crippen LogP contribution in [0.4, 0.5) is 4.79 Å². The van der Waals surface area contributed by atoms with E-state index in [0.717, 1.165) is 30.4 Å². The van der Waals surface area contributed by atoms with Crippen LogP contribution in [0.15, 0.2) is 48.8 Å². The molecule has 1 aromatic heterocycles. The number of aromatic nitrogens is 1. The SMILES string of the molecule is COc1ccc(CN2C(=O)N[C@H](CCC(=O)N3CCCC[C@H]3c3cccnc3)C2=O)cc1. The first-order valence-electron chi connectivity index (χ1n) is 11.0. The van der Waals surface area contributed by atoms with E-state index in [2.05, 4.69) is 10.3 Å². The Kier molecular flexibility index (Phi) is 6.68. The van der Waals surface area contributed by atoms with E-state index in [-0.39, 0.29) is 30.8 Å². The lowest BCUT2D eigenvalue weighted by Crippen LogP contribution is -2.39. The summed E-state index contributed by atoms with van der Waals surface area (Å²) in [5, 5.41) is 2.73. The van der Waals surface area contributed by atoms with Crippen LogP contribution in [-0.2, 0) is 16.1 Å². The van der Waals surface area contributed by atoms with Gasteiger partial charge < -0.3 is 15.0 Å². The third-order valence-electron chi connectivity index (χ3n) is 6.15. The van der Waals surface area contributed by atoms with Gasteiger partial charge in [0, 0.05) is 25.4 Å². The molecule has 4 amide bonds. The predicted molar refractivity (Wildman–Crippen MR) is 118 cm³/mol. The maximum absolute atomic E-state index is 13.0. The number of carbonyl (C=O) groups excluding carboxylic acids is 3. The summed E-state index contributed by atoms with van der Waals surface area (Å²) in [5.41, 5.74) is 1.87. The number of hydrogen-bond acceptors (Lipinski definition) is 5. The summed E-state index contributed by atoms with van der Waals surface area (Å²) >= 11 is 0. The van der Waals surface area contributed by atoms with Gasteiger partial charge >= 0.3 is 6.03 Å². The van der Waals surface area contributed by atoms with Crippen molar-refractivity contribution >= 4 is 17.8 Å². The Labute approximate surface area is 187 Å². The number of amides is 4. The van der Waals surface area contributed by atoms with E-state index in [4.69, 9.17) is 4.74 Å². The van der Waals surface area contributed by atoms with Crippen LogP contribution in [0.1, 0.15) is 49.3 Å². The van der Waals surface area contributed by atoms with Crippen molar-refractivity contribution < 1.29 is 19.1 Å². The summed E-state index contributed by atoms with van der Waals surface area (Å²) < 4.78 is 5.14. The van der Waals surface area contributed by atoms with Gasteiger partial charge in [-0.25, -0.2) is 4.79 Å². The minimum atomic E-state index is -0.675. The average molecular weight is 437 g/mol. The van der Waals surface area contributed by atoms with Gasteiger partial charge in [0.05, 0.1) is 19.7 Å². The number of piperidine rings is 1. The molecule has 8 heteroatoms. The van der Waals surface area contributed by atoms with Gasteiger partial charge in [-0.05, 0) is 55.0 Å². The lowest BCUT2D eigenvalue weighted by Gasteiger charge is -2.36. The number of nitrogens with zero attached hydrogens (tertiary/aromatic N) is 3. The molecule has 2 fully saturated rings. The van der Waals surface area contributed by atoms with Crippen LogP contribution in [0.2, 0.25) is 0 Å². The van der Waals surface area contributed by atoms with Crippen molar-refractivity contribution in [1.82, 2.24) is 20.1 Å². The molecule has 8 nitrogen and oxygen atoms in total. The molecule has 2 aliphatic heterocycles. The second-order valence-corrected chi connectivity index (χ2v) is 8.20. The third-order valence-corrected chi connectivity index (χ3v) is 6.15. The molecule has 0 radical (unpaired) electrons. The van der Waals surface area contributed by atoms with E-state index in [1.807, 2.05) is 35.4 Å². The Morgan fingerprint density at radius 1 is 1.19 bits per heavy atom. The summed E-state index contributed by atoms with van der Waals surface area (Å²) in [6, 6.07) is 10.0. The number of nitrogens with one attached hydrogen (secondary N) is 1. The molecule has 3 heterocycles. The Morgan fingerprint density at radius 2 is 2.00 bits per heavy atom. The third kappa shape index (κ3) is 4.74. The molecule has 1 aromatic carbocycles. The zero-order valence-corrected chi connectivity index (χ0v) is 18.2. The second-order valence-electron chi connectivity index (χ2n) is 8.20. The maximum Gasteiger partial charge on any atom is 0.325 e. The fourth-order valence-corrected chi connectivity index (χ4v) is 4.40. The summed E-state index contributed by atoms with van der Waals surface area (Å²) in [6.45, 7) is 0.890. The van der Waals surface area contributed by atoms with Gasteiger partial charge in [0.2, 0.25) is 5.91 Å². The number of benzene rings is 1. The number of urea groups is 1. The molecule has 2 aliphatic rings. The molecule has 0 aliphatic carbocycles. The molecule has 32 heavy (non-hydrogen) atoms. The van der Waals surface area contributed by atoms with Crippen molar-refractivity contribution in [3.63, 3.8) is 0 Å². The second kappa shape index (κ2) is 9.80. The van der Waals surface area contributed by atoms with Crippen LogP contribution in [0, 0.1) is 0 Å². The highest BCUT2D eigenvalue weighted by Gasteiger charge is 2.38. The molecule has 0 unspecified atom stereocenters. The number of ether oxygens (including phenoxy) is 1. The van der Waals surface area contributed by atoms with Gasteiger partial charge in [-0.15, -0.1) is 0 Å². The zero-order chi connectivity index (χ0) is 22.5. The Morgan fingerprint density at radius 3 is 2.72 bits per heavy atom. The quantitative estimate of drug-likeness (QED) is 0.674. The first-order chi connectivity index (χ1) is 15.6. The van der Waals surface area contributed by atoms with Crippen molar-refractivity contribution in [3.05, 3.63) is 59.9 Å². The number of pyridine rings is 1. The monoisotopic (exact) mass is 436 g/mol. The van der Waals surface area contributed by atoms with Crippen LogP contribution in [0.25, 0.3) is 0 Å². The topological polar surface area (TPSA) is 91.8 Å². The maximum atomic E-state index is 13.0. The standard InChI is InChI=1S/C24H28N4O4/c1-32-19-9-7-17(8-10-19)16-28-23(30)20(26-24(28)31)11-12-22(29)27-14-3-2-6-21(27)18-5-4-13-25-15-18/h4-5,7-10,13,15,20-21H,2-3,6,11-12,14,16H2,1H3,(H,26,31)/t20-,21+/m1/s1. The normalized spacial score (nSPS) is 20.9. The molecule has 1 N–H and O–H groups in total. The molecule has 0 spiro atoms. The molecular formula is C24H28N4O4. The zero-order valence-electron chi connectivity index (χ0n) is 18.2. The van der Waals surface area contributed by atoms with Gasteiger partial charge in [-0.1, -0.05) is 18.2 Å². The van der Waals surface area contributed by atoms with E-state index < -0.39 is 12.1 Å². The predicted octanol–water partition coefficient (Wildman–Crippen LogP) is 3.04. The van der Waals surface area contributed by atoms with Crippen LogP contribution in [0.3, 0.4) is 0 Å². The molecule has 2 atom stereocenters. The summed E-state index contributed by atoms with van der Waals surface area (Å²) in [6.07, 6.45) is 6.99. The van der Waals surface area contributed by atoms with Crippen LogP contribution >= 0.6 is 0 Å². The van der Waals surface area contributed by atoms with Crippen molar-refractivity contribution in [2.45, 2.75) is 50.7 Å². The average Bonchev–Trinajstić information content (AvgIpc) is 3.11. The van der Waals surface area contributed by atoms with Crippen molar-refractivity contribution in [1.29, 1.82) is 0 Å². The fraction of sp³-hybridized carbons (Fsp3) is 0.417. The molecule has 2 saturated heterocycles. The number of hydrogen-bond donors (Lipinski definition) is 1. The van der Waals surface area contributed by atoms with E-state index >= 15 is 0 Å². The number of imide groups is 1. The van der Waals surface area contributed by atoms with E-state index in [0.29, 0.717) is 18.7 Å². The number of likely N-dealkylation sites (tertiary alicyclic amines) is 1. The summed E-state index contributed by atoms with van der Waals surface area (Å²) in [4.78, 5) is 45.5. The Bertz CT molecular complexity index is 964. The smallest absolute Gasteiger partial charge is 0.325 e. The lowest BCUT2D eigenvalue weighted by atomic mass is 9.95. The van der Waals surface area contributed by atoms with Crippen LogP contribution < -0.4 is 10.1 Å². The van der Waals surface area contributed by atoms with Gasteiger partial charge in [-0.2, -0.15) is 0 Å². The lowest BCUT2D eigenvalue weighted by molar-refractivity contribution is -0.135. The Balaban J connectivity index is 1.35. The summed E-state index contributed by atoms with van der Waals surface area (Å²) in [5.74, 6) is 0.430. The fourth-order valence-electron chi connectivity index (χ4n) is 4.40. The highest BCUT2D eigenvalue weighted by Crippen LogP contribution is 2.31. The van der Waals surface area contributed by atoms with Crippen molar-refractivity contribution in [2.75, 3.05) is 13.7 Å². The molecule has 4 rings (SSSR count). The van der Waals surface area contributed by atoms with Crippen molar-refractivity contribution in [3.8, 4) is 5.75 Å². The van der Waals surface area contributed by atoms with Gasteiger partial charge in [0.1, 0.15) is 11.8 Å². The molecule has 2 aromatic rings. The Hall–Kier alpha value is -3.42. The van der Waals surface area contributed by atoms with Crippen molar-refractivity contribution in [2.24, 2.45) is 0 Å². The highest BCUT2D eigenvalue weighted by atomic mass is 16.5. The van der Waals surface area contributed by atoms with Crippen LogP contribution in [0.5, 0.6) is 5.75 Å². The first kappa shape index (κ1) is 21.8. The first-order valence-corrected chi connectivity index (χ1v) is 11.0. The van der Waals surface area contributed by atoms with Crippen LogP contribution in [-0.4, -0.2) is 52.3 Å². The number of rotatable bonds is 7. The molecule has 168 valence electrons. The van der Waals surface area contributed by atoms with E-state index in [1.165, 1.54) is 4.90 Å². The summed E-state index contributed by atoms with van der Waals surface area (Å²) in [7, 11) is 1.58. The number of carbonyl (C=O) groups is 3. The molecule has 0 bridgehead atoms. The van der Waals surface area contributed by atoms with Gasteiger partial charge in [-0.3, -0.25) is 19.5 Å². The molecular weight excluding hydrogens is 408 g/mol. The largest absolute Gasteiger partial charge is 0.497 e. The van der Waals surface area contributed by atoms with Gasteiger partial charge in [0.25, 0.3) is 5.91 Å². The van der Waals surface area contributed by atoms with E-state index in [9.17, 15) is 14.4 Å². The number of methoxy groups -OCH3 is 1. The molecule has 0 saturated carbocycles. The van der Waals surface area contributed by atoms with Gasteiger partial charge in [0.15, 0.2) is 0 Å². The highest BCUT2D eigenvalue weighted by molar-refractivity contribution is 6.04. The minimum Gasteiger partial charge on any atom is -0.497 e. The van der Waals surface area contributed by atoms with E-state index in [1.54, 1.807) is 25.4 Å².